The van der Waals surface area contributed by atoms with Gasteiger partial charge in [0, 0.05) is 37.4 Å². The maximum Gasteiger partial charge on any atom is 0.410 e. The van der Waals surface area contributed by atoms with Gasteiger partial charge in [0.25, 0.3) is 10.1 Å². The summed E-state index contributed by atoms with van der Waals surface area (Å²) in [5.74, 6) is -1.87. The van der Waals surface area contributed by atoms with Crippen LogP contribution in [-0.4, -0.2) is 94.8 Å². The SMILES string of the molecule is CC(C)C[C@H](NC(=O)OC1CC2CCC(C1)N2C(=O)OC(C)(C)C)C(=O)N[C@@H](C[C@H]1CCNC1=O)C(O)S(=O)(=O)O. The summed E-state index contributed by atoms with van der Waals surface area (Å²) in [6, 6.07) is -2.90. The summed E-state index contributed by atoms with van der Waals surface area (Å²) >= 11 is 0. The smallest absolute Gasteiger partial charge is 0.410 e. The molecule has 0 aromatic rings. The van der Waals surface area contributed by atoms with Gasteiger partial charge in [-0.2, -0.15) is 8.42 Å². The number of piperidine rings is 1. The molecular weight excluding hydrogens is 560 g/mol. The van der Waals surface area contributed by atoms with Crippen molar-refractivity contribution in [2.75, 3.05) is 6.54 Å². The Bertz CT molecular complexity index is 1080. The summed E-state index contributed by atoms with van der Waals surface area (Å²) in [6.45, 7) is 9.42. The first-order chi connectivity index (χ1) is 18.9. The third kappa shape index (κ3) is 9.17. The van der Waals surface area contributed by atoms with Crippen molar-refractivity contribution in [1.29, 1.82) is 0 Å². The second kappa shape index (κ2) is 13.1. The van der Waals surface area contributed by atoms with E-state index in [0.29, 0.717) is 25.8 Å². The molecule has 14 nitrogen and oxygen atoms in total. The maximum atomic E-state index is 13.2. The molecule has 41 heavy (non-hydrogen) atoms. The molecule has 3 rings (SSSR count). The van der Waals surface area contributed by atoms with Crippen molar-refractivity contribution >= 4 is 34.1 Å². The number of hydrogen-bond donors (Lipinski definition) is 5. The van der Waals surface area contributed by atoms with Gasteiger partial charge in [-0.3, -0.25) is 14.1 Å². The van der Waals surface area contributed by atoms with Crippen LogP contribution >= 0.6 is 0 Å². The summed E-state index contributed by atoms with van der Waals surface area (Å²) in [6.07, 6.45) is 0.980. The molecule has 0 radical (unpaired) electrons. The van der Waals surface area contributed by atoms with Crippen molar-refractivity contribution in [2.45, 2.75) is 121 Å². The van der Waals surface area contributed by atoms with Crippen molar-refractivity contribution in [1.82, 2.24) is 20.9 Å². The van der Waals surface area contributed by atoms with Gasteiger partial charge in [-0.25, -0.2) is 9.59 Å². The molecule has 0 aromatic heterocycles. The van der Waals surface area contributed by atoms with Crippen LogP contribution < -0.4 is 16.0 Å². The number of nitrogens with zero attached hydrogens (tertiary/aromatic N) is 1. The highest BCUT2D eigenvalue weighted by atomic mass is 32.2. The predicted molar refractivity (Wildman–Crippen MR) is 146 cm³/mol. The highest BCUT2D eigenvalue weighted by molar-refractivity contribution is 7.86. The first-order valence-electron chi connectivity index (χ1n) is 14.2. The normalized spacial score (nSPS) is 26.6. The second-order valence-electron chi connectivity index (χ2n) is 12.6. The number of alkyl carbamates (subject to hydrolysis) is 1. The van der Waals surface area contributed by atoms with Crippen molar-refractivity contribution < 1.29 is 46.7 Å². The highest BCUT2D eigenvalue weighted by Gasteiger charge is 2.46. The minimum Gasteiger partial charge on any atom is -0.446 e. The van der Waals surface area contributed by atoms with Crippen molar-refractivity contribution in [3.05, 3.63) is 0 Å². The second-order valence-corrected chi connectivity index (χ2v) is 14.1. The summed E-state index contributed by atoms with van der Waals surface area (Å²) in [5.41, 5.74) is -2.99. The van der Waals surface area contributed by atoms with Gasteiger partial charge in [0.15, 0.2) is 0 Å². The van der Waals surface area contributed by atoms with E-state index in [1.54, 1.807) is 25.7 Å². The van der Waals surface area contributed by atoms with E-state index < -0.39 is 63.4 Å². The van der Waals surface area contributed by atoms with E-state index >= 15 is 0 Å². The molecular formula is C26H44N4O10S. The molecule has 3 saturated heterocycles. The van der Waals surface area contributed by atoms with Crippen LogP contribution in [0.15, 0.2) is 0 Å². The van der Waals surface area contributed by atoms with Gasteiger partial charge in [-0.15, -0.1) is 0 Å². The van der Waals surface area contributed by atoms with Gasteiger partial charge in [-0.1, -0.05) is 13.8 Å². The van der Waals surface area contributed by atoms with Crippen LogP contribution in [0, 0.1) is 11.8 Å². The number of hydrogen-bond acceptors (Lipinski definition) is 9. The van der Waals surface area contributed by atoms with Gasteiger partial charge in [0.1, 0.15) is 17.7 Å². The fourth-order valence-electron chi connectivity index (χ4n) is 5.78. The van der Waals surface area contributed by atoms with E-state index in [9.17, 15) is 37.3 Å². The highest BCUT2D eigenvalue weighted by Crippen LogP contribution is 2.38. The lowest BCUT2D eigenvalue weighted by molar-refractivity contribution is -0.126. The third-order valence-corrected chi connectivity index (χ3v) is 8.50. The fourth-order valence-corrected chi connectivity index (χ4v) is 6.37. The Labute approximate surface area is 241 Å². The zero-order valence-corrected chi connectivity index (χ0v) is 25.1. The number of carbonyl (C=O) groups is 4. The number of rotatable bonds is 10. The average Bonchev–Trinajstić information content (AvgIpc) is 3.35. The topological polar surface area (TPSA) is 201 Å². The molecule has 0 aromatic carbocycles. The van der Waals surface area contributed by atoms with E-state index in [4.69, 9.17) is 9.47 Å². The van der Waals surface area contributed by atoms with Crippen molar-refractivity contribution in [3.63, 3.8) is 0 Å². The van der Waals surface area contributed by atoms with Crippen LogP contribution in [0.2, 0.25) is 0 Å². The van der Waals surface area contributed by atoms with E-state index in [1.807, 2.05) is 13.8 Å². The summed E-state index contributed by atoms with van der Waals surface area (Å²) in [4.78, 5) is 52.6. The summed E-state index contributed by atoms with van der Waals surface area (Å²) < 4.78 is 44.0. The van der Waals surface area contributed by atoms with Crippen LogP contribution in [-0.2, 0) is 29.2 Å². The number of nitrogens with one attached hydrogen (secondary N) is 3. The van der Waals surface area contributed by atoms with E-state index in [2.05, 4.69) is 16.0 Å². The molecule has 4 amide bonds. The van der Waals surface area contributed by atoms with Gasteiger partial charge < -0.3 is 35.4 Å². The summed E-state index contributed by atoms with van der Waals surface area (Å²) in [5, 5.41) is 17.8. The minimum atomic E-state index is -4.96. The zero-order valence-electron chi connectivity index (χ0n) is 24.3. The number of ether oxygens (including phenoxy) is 2. The molecule has 3 heterocycles. The molecule has 3 unspecified atom stereocenters. The Morgan fingerprint density at radius 2 is 1.71 bits per heavy atom. The standard InChI is InChI=1S/C26H44N4O10S/c1-14(2)10-19(22(32)28-20(23(33)41(36,37)38)11-15-8-9-27-21(15)31)29-24(34)39-18-12-16-6-7-17(13-18)30(16)25(35)40-26(3,4)5/h14-20,23,33H,6-13H2,1-5H3,(H,27,31)(H,28,32)(H,29,34)(H,36,37,38)/t15-,16?,17?,18?,19+,20+,23?/m1/s1. The number of aliphatic hydroxyl groups excluding tert-OH is 1. The van der Waals surface area contributed by atoms with E-state index in [0.717, 1.165) is 12.8 Å². The zero-order chi connectivity index (χ0) is 30.7. The van der Waals surface area contributed by atoms with Gasteiger partial charge in [0.05, 0.1) is 6.04 Å². The third-order valence-electron chi connectivity index (χ3n) is 7.56. The molecule has 3 fully saturated rings. The number of amides is 4. The maximum absolute atomic E-state index is 13.2. The first kappa shape index (κ1) is 32.9. The Hall–Kier alpha value is -2.65. The Morgan fingerprint density at radius 3 is 2.20 bits per heavy atom. The van der Waals surface area contributed by atoms with Crippen molar-refractivity contribution in [2.24, 2.45) is 11.8 Å². The summed E-state index contributed by atoms with van der Waals surface area (Å²) in [7, 11) is -4.96. The van der Waals surface area contributed by atoms with Gasteiger partial charge >= 0.3 is 12.2 Å². The Morgan fingerprint density at radius 1 is 1.10 bits per heavy atom. The molecule has 2 bridgehead atoms. The molecule has 234 valence electrons. The minimum absolute atomic E-state index is 0.0653. The quantitative estimate of drug-likeness (QED) is 0.226. The van der Waals surface area contributed by atoms with Crippen LogP contribution in [0.5, 0.6) is 0 Å². The molecule has 0 saturated carbocycles. The monoisotopic (exact) mass is 604 g/mol. The number of carbonyl (C=O) groups excluding carboxylic acids is 4. The first-order valence-corrected chi connectivity index (χ1v) is 15.7. The lowest BCUT2D eigenvalue weighted by atomic mass is 9.97. The Kier molecular flexibility index (Phi) is 10.5. The molecule has 0 spiro atoms. The van der Waals surface area contributed by atoms with Gasteiger partial charge in [0.2, 0.25) is 17.3 Å². The fraction of sp³-hybridized carbons (Fsp3) is 0.846. The molecule has 3 aliphatic heterocycles. The average molecular weight is 605 g/mol. The molecule has 15 heteroatoms. The molecule has 6 atom stereocenters. The predicted octanol–water partition coefficient (Wildman–Crippen LogP) is 1.28. The van der Waals surface area contributed by atoms with Crippen molar-refractivity contribution in [3.8, 4) is 0 Å². The molecule has 3 aliphatic rings. The largest absolute Gasteiger partial charge is 0.446 e. The van der Waals surface area contributed by atoms with Gasteiger partial charge in [-0.05, 0) is 58.8 Å². The van der Waals surface area contributed by atoms with Crippen LogP contribution in [0.25, 0.3) is 0 Å². The van der Waals surface area contributed by atoms with E-state index in [1.165, 1.54) is 0 Å². The Balaban J connectivity index is 1.63. The molecule has 5 N–H and O–H groups in total. The van der Waals surface area contributed by atoms with Crippen LogP contribution in [0.1, 0.15) is 79.6 Å². The number of fused-ring (bicyclic) bond motifs is 2. The van der Waals surface area contributed by atoms with Crippen LogP contribution in [0.3, 0.4) is 0 Å². The van der Waals surface area contributed by atoms with Crippen LogP contribution in [0.4, 0.5) is 9.59 Å². The lowest BCUT2D eigenvalue weighted by Crippen LogP contribution is -2.55. The lowest BCUT2D eigenvalue weighted by Gasteiger charge is -2.39. The number of aliphatic hydroxyl groups is 1. The van der Waals surface area contributed by atoms with E-state index in [-0.39, 0.29) is 36.8 Å². The molecule has 0 aliphatic carbocycles.